The highest BCUT2D eigenvalue weighted by Crippen LogP contribution is 2.21. The molecule has 6 nitrogen and oxygen atoms in total. The van der Waals surface area contributed by atoms with Gasteiger partial charge in [-0.3, -0.25) is 9.59 Å². The van der Waals surface area contributed by atoms with Gasteiger partial charge in [0.25, 0.3) is 5.91 Å². The van der Waals surface area contributed by atoms with Gasteiger partial charge in [0.1, 0.15) is 18.1 Å². The van der Waals surface area contributed by atoms with E-state index in [4.69, 9.17) is 9.47 Å². The van der Waals surface area contributed by atoms with E-state index in [2.05, 4.69) is 5.32 Å². The molecule has 0 aromatic heterocycles. The molecule has 3 aromatic rings. The topological polar surface area (TPSA) is 67.9 Å². The number of hydrogen-bond donors (Lipinski definition) is 1. The molecule has 0 spiro atoms. The lowest BCUT2D eigenvalue weighted by molar-refractivity contribution is -0.185. The average molecular weight is 486 g/mol. The molecule has 0 radical (unpaired) electrons. The number of amides is 2. The van der Waals surface area contributed by atoms with Gasteiger partial charge in [0.15, 0.2) is 6.61 Å². The molecule has 3 rings (SSSR count). The quantitative estimate of drug-likeness (QED) is 0.428. The van der Waals surface area contributed by atoms with E-state index in [1.807, 2.05) is 30.3 Å². The molecule has 0 saturated carbocycles. The van der Waals surface area contributed by atoms with Crippen LogP contribution in [0.4, 0.5) is 18.9 Å². The Balaban J connectivity index is 1.48. The number of nitrogens with one attached hydrogen (secondary N) is 1. The summed E-state index contributed by atoms with van der Waals surface area (Å²) in [6.45, 7) is 1.31. The van der Waals surface area contributed by atoms with E-state index in [-0.39, 0.29) is 19.7 Å². The van der Waals surface area contributed by atoms with Crippen molar-refractivity contribution in [1.29, 1.82) is 0 Å². The van der Waals surface area contributed by atoms with Crippen LogP contribution in [0.25, 0.3) is 0 Å². The van der Waals surface area contributed by atoms with Crippen molar-refractivity contribution in [2.45, 2.75) is 26.3 Å². The van der Waals surface area contributed by atoms with Gasteiger partial charge >= 0.3 is 12.1 Å². The molecule has 0 bridgehead atoms. The average Bonchev–Trinajstić information content (AvgIpc) is 2.85. The van der Waals surface area contributed by atoms with Gasteiger partial charge in [-0.2, -0.15) is 13.2 Å². The molecule has 0 aliphatic rings. The zero-order chi connectivity index (χ0) is 25.3. The molecule has 0 saturated heterocycles. The predicted octanol–water partition coefficient (Wildman–Crippen LogP) is 5.19. The summed E-state index contributed by atoms with van der Waals surface area (Å²) in [5.74, 6) is -1.21. The van der Waals surface area contributed by atoms with Crippen molar-refractivity contribution >= 4 is 17.5 Å². The Morgan fingerprint density at radius 3 is 2.11 bits per heavy atom. The number of nitrogens with zero attached hydrogens (tertiary/aromatic N) is 1. The van der Waals surface area contributed by atoms with Crippen molar-refractivity contribution in [3.63, 3.8) is 0 Å². The third-order valence-corrected chi connectivity index (χ3v) is 4.94. The van der Waals surface area contributed by atoms with Crippen LogP contribution in [0.2, 0.25) is 0 Å². The maximum Gasteiger partial charge on any atom is 0.471 e. The van der Waals surface area contributed by atoms with Crippen LogP contribution >= 0.6 is 0 Å². The summed E-state index contributed by atoms with van der Waals surface area (Å²) in [7, 11) is 0. The molecule has 1 N–H and O–H groups in total. The van der Waals surface area contributed by atoms with E-state index < -0.39 is 18.0 Å². The maximum absolute atomic E-state index is 12.7. The van der Waals surface area contributed by atoms with Gasteiger partial charge in [-0.1, -0.05) is 42.5 Å². The van der Waals surface area contributed by atoms with Crippen LogP contribution in [0.3, 0.4) is 0 Å². The minimum absolute atomic E-state index is 0.0984. The lowest BCUT2D eigenvalue weighted by Gasteiger charge is -2.22. The SMILES string of the molecule is CCN(Cc1cccc(NC(=O)COc2ccc(OCc3ccccc3)cc2)c1)C(=O)C(F)(F)F. The van der Waals surface area contributed by atoms with Crippen LogP contribution in [0.1, 0.15) is 18.1 Å². The Morgan fingerprint density at radius 2 is 1.49 bits per heavy atom. The molecule has 0 atom stereocenters. The smallest absolute Gasteiger partial charge is 0.471 e. The summed E-state index contributed by atoms with van der Waals surface area (Å²) in [6, 6.07) is 22.9. The lowest BCUT2D eigenvalue weighted by atomic mass is 10.2. The van der Waals surface area contributed by atoms with E-state index in [1.54, 1.807) is 42.5 Å². The van der Waals surface area contributed by atoms with Gasteiger partial charge in [-0.05, 0) is 54.4 Å². The van der Waals surface area contributed by atoms with Crippen molar-refractivity contribution < 1.29 is 32.2 Å². The largest absolute Gasteiger partial charge is 0.489 e. The first-order chi connectivity index (χ1) is 16.7. The number of rotatable bonds is 10. The Bertz CT molecular complexity index is 1120. The van der Waals surface area contributed by atoms with Crippen LogP contribution in [0.15, 0.2) is 78.9 Å². The monoisotopic (exact) mass is 486 g/mol. The van der Waals surface area contributed by atoms with Gasteiger partial charge in [-0.25, -0.2) is 0 Å². The minimum atomic E-state index is -4.94. The number of anilines is 1. The molecule has 0 aliphatic heterocycles. The standard InChI is InChI=1S/C26H25F3N2O4/c1-2-31(25(33)26(27,28)29)16-20-9-6-10-21(15-20)30-24(32)18-35-23-13-11-22(12-14-23)34-17-19-7-4-3-5-8-19/h3-15H,2,16-18H2,1H3,(H,30,32). The highest BCUT2D eigenvalue weighted by atomic mass is 19.4. The molecular formula is C26H25F3N2O4. The molecule has 0 aliphatic carbocycles. The molecule has 0 fully saturated rings. The normalized spacial score (nSPS) is 11.0. The number of carbonyl (C=O) groups is 2. The Labute approximate surface area is 201 Å². The van der Waals surface area contributed by atoms with E-state index in [9.17, 15) is 22.8 Å². The summed E-state index contributed by atoms with van der Waals surface area (Å²) in [6.07, 6.45) is -4.94. The molecule has 2 amide bonds. The van der Waals surface area contributed by atoms with E-state index in [1.165, 1.54) is 13.0 Å². The minimum Gasteiger partial charge on any atom is -0.489 e. The number of halogens is 3. The van der Waals surface area contributed by atoms with Gasteiger partial charge in [0, 0.05) is 18.8 Å². The molecule has 35 heavy (non-hydrogen) atoms. The number of benzene rings is 3. The second kappa shape index (κ2) is 11.9. The summed E-state index contributed by atoms with van der Waals surface area (Å²) < 4.78 is 49.4. The predicted molar refractivity (Wildman–Crippen MR) is 125 cm³/mol. The molecule has 184 valence electrons. The first kappa shape index (κ1) is 25.6. The van der Waals surface area contributed by atoms with Crippen molar-refractivity contribution in [1.82, 2.24) is 4.90 Å². The Kier molecular flexibility index (Phi) is 8.72. The summed E-state index contributed by atoms with van der Waals surface area (Å²) in [4.78, 5) is 24.5. The van der Waals surface area contributed by atoms with Crippen LogP contribution in [0, 0.1) is 0 Å². The first-order valence-corrected chi connectivity index (χ1v) is 10.9. The molecular weight excluding hydrogens is 461 g/mol. The van der Waals surface area contributed by atoms with Gasteiger partial charge < -0.3 is 19.7 Å². The fourth-order valence-electron chi connectivity index (χ4n) is 3.19. The first-order valence-electron chi connectivity index (χ1n) is 10.9. The van der Waals surface area contributed by atoms with E-state index >= 15 is 0 Å². The van der Waals surface area contributed by atoms with Gasteiger partial charge in [0.05, 0.1) is 0 Å². The summed E-state index contributed by atoms with van der Waals surface area (Å²) in [5, 5.41) is 2.64. The Hall–Kier alpha value is -4.01. The van der Waals surface area contributed by atoms with Gasteiger partial charge in [0.2, 0.25) is 0 Å². The fraction of sp³-hybridized carbons (Fsp3) is 0.231. The zero-order valence-corrected chi connectivity index (χ0v) is 19.0. The van der Waals surface area contributed by atoms with E-state index in [0.717, 1.165) is 5.56 Å². The summed E-state index contributed by atoms with van der Waals surface area (Å²) >= 11 is 0. The van der Waals surface area contributed by atoms with Gasteiger partial charge in [-0.15, -0.1) is 0 Å². The number of alkyl halides is 3. The fourth-order valence-corrected chi connectivity index (χ4v) is 3.19. The van der Waals surface area contributed by atoms with Crippen LogP contribution < -0.4 is 14.8 Å². The lowest BCUT2D eigenvalue weighted by Crippen LogP contribution is -2.40. The highest BCUT2D eigenvalue weighted by Gasteiger charge is 2.41. The summed E-state index contributed by atoms with van der Waals surface area (Å²) in [5.41, 5.74) is 1.88. The number of ether oxygens (including phenoxy) is 2. The van der Waals surface area contributed by atoms with Crippen LogP contribution in [-0.4, -0.2) is 36.0 Å². The van der Waals surface area contributed by atoms with Crippen molar-refractivity contribution in [3.05, 3.63) is 90.0 Å². The Morgan fingerprint density at radius 1 is 0.857 bits per heavy atom. The van der Waals surface area contributed by atoms with Crippen LogP contribution in [0.5, 0.6) is 11.5 Å². The molecule has 0 heterocycles. The van der Waals surface area contributed by atoms with Crippen molar-refractivity contribution in [2.75, 3.05) is 18.5 Å². The van der Waals surface area contributed by atoms with Crippen LogP contribution in [-0.2, 0) is 22.7 Å². The van der Waals surface area contributed by atoms with Crippen molar-refractivity contribution in [3.8, 4) is 11.5 Å². The number of hydrogen-bond acceptors (Lipinski definition) is 4. The maximum atomic E-state index is 12.7. The third-order valence-electron chi connectivity index (χ3n) is 4.94. The van der Waals surface area contributed by atoms with Crippen molar-refractivity contribution in [2.24, 2.45) is 0 Å². The third kappa shape index (κ3) is 8.06. The number of carbonyl (C=O) groups excluding carboxylic acids is 2. The van der Waals surface area contributed by atoms with E-state index in [0.29, 0.717) is 34.3 Å². The molecule has 0 unspecified atom stereocenters. The second-order valence-corrected chi connectivity index (χ2v) is 7.60. The second-order valence-electron chi connectivity index (χ2n) is 7.60. The molecule has 9 heteroatoms. The zero-order valence-electron chi connectivity index (χ0n) is 19.0. The molecule has 3 aromatic carbocycles. The highest BCUT2D eigenvalue weighted by molar-refractivity contribution is 5.92.